The third-order valence-corrected chi connectivity index (χ3v) is 6.78. The van der Waals surface area contributed by atoms with Crippen LogP contribution in [0.1, 0.15) is 23.7 Å². The second-order valence-corrected chi connectivity index (χ2v) is 9.09. The van der Waals surface area contributed by atoms with Gasteiger partial charge in [-0.2, -0.15) is 0 Å². The van der Waals surface area contributed by atoms with Crippen LogP contribution in [0.25, 0.3) is 10.8 Å². The Morgan fingerprint density at radius 3 is 2.37 bits per heavy atom. The molecule has 8 heteroatoms. The molecule has 2 N–H and O–H groups in total. The molecule has 0 aliphatic carbocycles. The number of fused-ring (bicyclic) bond motifs is 1. The van der Waals surface area contributed by atoms with Gasteiger partial charge in [-0.15, -0.1) is 11.8 Å². The first-order chi connectivity index (χ1) is 16.9. The number of rotatable bonds is 8. The smallest absolute Gasteiger partial charge is 0.269 e. The van der Waals surface area contributed by atoms with E-state index in [1.165, 1.54) is 36.0 Å². The van der Waals surface area contributed by atoms with E-state index in [-0.39, 0.29) is 22.8 Å². The van der Waals surface area contributed by atoms with Gasteiger partial charge in [-0.05, 0) is 48.2 Å². The summed E-state index contributed by atoms with van der Waals surface area (Å²) in [7, 11) is 0. The van der Waals surface area contributed by atoms with Crippen molar-refractivity contribution in [3.8, 4) is 0 Å². The Bertz CT molecular complexity index is 1380. The van der Waals surface area contributed by atoms with E-state index in [4.69, 9.17) is 0 Å². The highest BCUT2D eigenvalue weighted by molar-refractivity contribution is 8.00. The zero-order chi connectivity index (χ0) is 24.8. The first-order valence-corrected chi connectivity index (χ1v) is 11.9. The van der Waals surface area contributed by atoms with Gasteiger partial charge in [-0.25, -0.2) is 0 Å². The Labute approximate surface area is 206 Å². The maximum absolute atomic E-state index is 13.1. The first kappa shape index (κ1) is 24.0. The Balaban J connectivity index is 1.44. The Hall–Kier alpha value is -4.17. The summed E-state index contributed by atoms with van der Waals surface area (Å²) in [6, 6.07) is 26.4. The fourth-order valence-corrected chi connectivity index (χ4v) is 4.63. The first-order valence-electron chi connectivity index (χ1n) is 11.1. The Kier molecular flexibility index (Phi) is 7.42. The van der Waals surface area contributed by atoms with Gasteiger partial charge in [0, 0.05) is 39.4 Å². The molecule has 4 aromatic rings. The van der Waals surface area contributed by atoms with E-state index in [1.54, 1.807) is 6.07 Å². The zero-order valence-electron chi connectivity index (χ0n) is 18.9. The molecule has 176 valence electrons. The lowest BCUT2D eigenvalue weighted by Crippen LogP contribution is -2.24. The number of nitro benzene ring substituents is 1. The van der Waals surface area contributed by atoms with Crippen LogP contribution in [0.4, 0.5) is 17.1 Å². The largest absolute Gasteiger partial charge is 0.325 e. The van der Waals surface area contributed by atoms with Crippen LogP contribution in [0.2, 0.25) is 0 Å². The van der Waals surface area contributed by atoms with Crippen LogP contribution < -0.4 is 10.6 Å². The van der Waals surface area contributed by atoms with E-state index in [2.05, 4.69) is 10.6 Å². The molecule has 0 aliphatic heterocycles. The normalized spacial score (nSPS) is 11.6. The summed E-state index contributed by atoms with van der Waals surface area (Å²) in [5, 5.41) is 18.4. The van der Waals surface area contributed by atoms with Gasteiger partial charge in [0.05, 0.1) is 10.2 Å². The van der Waals surface area contributed by atoms with Crippen molar-refractivity contribution in [3.05, 3.63) is 107 Å². The molecule has 1 atom stereocenters. The molecule has 4 aromatic carbocycles. The van der Waals surface area contributed by atoms with Crippen molar-refractivity contribution in [2.45, 2.75) is 23.5 Å². The number of amides is 2. The molecule has 4 rings (SSSR count). The second-order valence-electron chi connectivity index (χ2n) is 7.82. The standard InChI is InChI=1S/C27H23N3O4S/c1-2-25(27(32)29-24-12-5-8-18-7-3-4-11-23(18)24)35-22-10-6-9-20(17-22)28-26(31)19-13-15-21(16-14-19)30(33)34/h3-17,25H,2H2,1H3,(H,28,31)(H,29,32). The van der Waals surface area contributed by atoms with E-state index in [1.807, 2.05) is 67.6 Å². The highest BCUT2D eigenvalue weighted by Crippen LogP contribution is 2.30. The third-order valence-electron chi connectivity index (χ3n) is 5.42. The quantitative estimate of drug-likeness (QED) is 0.168. The molecule has 2 amide bonds. The SMILES string of the molecule is CCC(Sc1cccc(NC(=O)c2ccc([N+](=O)[O-])cc2)c1)C(=O)Nc1cccc2ccccc12. The van der Waals surface area contributed by atoms with Crippen LogP contribution >= 0.6 is 11.8 Å². The van der Waals surface area contributed by atoms with E-state index in [0.29, 0.717) is 17.7 Å². The minimum atomic E-state index is -0.511. The van der Waals surface area contributed by atoms with Crippen molar-refractivity contribution in [2.24, 2.45) is 0 Å². The maximum Gasteiger partial charge on any atom is 0.269 e. The van der Waals surface area contributed by atoms with Gasteiger partial charge < -0.3 is 10.6 Å². The molecule has 0 aromatic heterocycles. The van der Waals surface area contributed by atoms with Gasteiger partial charge >= 0.3 is 0 Å². The van der Waals surface area contributed by atoms with E-state index < -0.39 is 4.92 Å². The Morgan fingerprint density at radius 1 is 0.914 bits per heavy atom. The number of benzene rings is 4. The molecule has 0 bridgehead atoms. The van der Waals surface area contributed by atoms with Gasteiger partial charge in [0.2, 0.25) is 5.91 Å². The molecule has 1 unspecified atom stereocenters. The van der Waals surface area contributed by atoms with Crippen molar-refractivity contribution in [3.63, 3.8) is 0 Å². The van der Waals surface area contributed by atoms with Gasteiger partial charge in [-0.1, -0.05) is 49.4 Å². The number of nitrogens with zero attached hydrogens (tertiary/aromatic N) is 1. The number of carbonyl (C=O) groups excluding carboxylic acids is 2. The van der Waals surface area contributed by atoms with Crippen molar-refractivity contribution in [2.75, 3.05) is 10.6 Å². The van der Waals surface area contributed by atoms with Crippen molar-refractivity contribution in [1.82, 2.24) is 0 Å². The van der Waals surface area contributed by atoms with Gasteiger partial charge in [0.25, 0.3) is 11.6 Å². The third kappa shape index (κ3) is 5.85. The molecule has 0 fully saturated rings. The number of hydrogen-bond acceptors (Lipinski definition) is 5. The number of nitro groups is 1. The lowest BCUT2D eigenvalue weighted by Gasteiger charge is -2.16. The van der Waals surface area contributed by atoms with Crippen LogP contribution in [-0.4, -0.2) is 22.0 Å². The molecule has 0 radical (unpaired) electrons. The molecular weight excluding hydrogens is 462 g/mol. The van der Waals surface area contributed by atoms with Gasteiger partial charge in [-0.3, -0.25) is 19.7 Å². The van der Waals surface area contributed by atoms with Crippen LogP contribution in [0.15, 0.2) is 95.9 Å². The van der Waals surface area contributed by atoms with Gasteiger partial charge in [0.15, 0.2) is 0 Å². The molecule has 0 saturated heterocycles. The topological polar surface area (TPSA) is 101 Å². The van der Waals surface area contributed by atoms with Crippen molar-refractivity contribution >= 4 is 51.4 Å². The number of non-ortho nitro benzene ring substituents is 1. The maximum atomic E-state index is 13.1. The fourth-order valence-electron chi connectivity index (χ4n) is 3.62. The highest BCUT2D eigenvalue weighted by Gasteiger charge is 2.19. The van der Waals surface area contributed by atoms with Crippen LogP contribution in [0, 0.1) is 10.1 Å². The predicted molar refractivity (Wildman–Crippen MR) is 140 cm³/mol. The summed E-state index contributed by atoms with van der Waals surface area (Å²) >= 11 is 1.43. The van der Waals surface area contributed by atoms with Crippen LogP contribution in [0.3, 0.4) is 0 Å². The molecular formula is C27H23N3O4S. The van der Waals surface area contributed by atoms with E-state index in [0.717, 1.165) is 21.4 Å². The van der Waals surface area contributed by atoms with E-state index >= 15 is 0 Å². The van der Waals surface area contributed by atoms with Crippen LogP contribution in [-0.2, 0) is 4.79 Å². The summed E-state index contributed by atoms with van der Waals surface area (Å²) in [5.74, 6) is -0.461. The average Bonchev–Trinajstić information content (AvgIpc) is 2.87. The minimum Gasteiger partial charge on any atom is -0.325 e. The molecule has 35 heavy (non-hydrogen) atoms. The number of anilines is 2. The summed E-state index contributed by atoms with van der Waals surface area (Å²) in [4.78, 5) is 36.8. The summed E-state index contributed by atoms with van der Waals surface area (Å²) in [6.45, 7) is 1.96. The lowest BCUT2D eigenvalue weighted by atomic mass is 10.1. The number of nitrogens with one attached hydrogen (secondary N) is 2. The monoisotopic (exact) mass is 485 g/mol. The minimum absolute atomic E-state index is 0.0765. The Morgan fingerprint density at radius 2 is 1.63 bits per heavy atom. The lowest BCUT2D eigenvalue weighted by molar-refractivity contribution is -0.384. The molecule has 0 saturated carbocycles. The van der Waals surface area contributed by atoms with Crippen molar-refractivity contribution in [1.29, 1.82) is 0 Å². The fraction of sp³-hybridized carbons (Fsp3) is 0.111. The molecule has 0 aliphatic rings. The molecule has 0 spiro atoms. The molecule has 0 heterocycles. The second kappa shape index (κ2) is 10.8. The summed E-state index contributed by atoms with van der Waals surface area (Å²) in [5.41, 5.74) is 1.58. The van der Waals surface area contributed by atoms with Gasteiger partial charge in [0.1, 0.15) is 0 Å². The number of carbonyl (C=O) groups is 2. The summed E-state index contributed by atoms with van der Waals surface area (Å²) < 4.78 is 0. The van der Waals surface area contributed by atoms with Crippen LogP contribution in [0.5, 0.6) is 0 Å². The zero-order valence-corrected chi connectivity index (χ0v) is 19.7. The van der Waals surface area contributed by atoms with E-state index in [9.17, 15) is 19.7 Å². The number of hydrogen-bond donors (Lipinski definition) is 2. The number of thioether (sulfide) groups is 1. The average molecular weight is 486 g/mol. The summed E-state index contributed by atoms with van der Waals surface area (Å²) in [6.07, 6.45) is 0.626. The predicted octanol–water partition coefficient (Wildman–Crippen LogP) is 6.51. The molecule has 7 nitrogen and oxygen atoms in total. The highest BCUT2D eigenvalue weighted by atomic mass is 32.2. The van der Waals surface area contributed by atoms with Crippen molar-refractivity contribution < 1.29 is 14.5 Å².